The molecule has 13 heavy (non-hydrogen) atoms. The number of rotatable bonds is 3. The van der Waals surface area contributed by atoms with Crippen LogP contribution in [0.5, 0.6) is 0 Å². The van der Waals surface area contributed by atoms with Gasteiger partial charge in [0.2, 0.25) is 0 Å². The Kier molecular flexibility index (Phi) is 4.23. The summed E-state index contributed by atoms with van der Waals surface area (Å²) in [5.74, 6) is -0.909. The van der Waals surface area contributed by atoms with E-state index in [0.29, 0.717) is 0 Å². The standard InChI is InChI=1S/C6H10BrF3O2S/c1-4(2)13(11,12)3-5(7)6(8,9)10/h4-5H,3H2,1-2H3. The molecule has 0 saturated heterocycles. The van der Waals surface area contributed by atoms with Crippen LogP contribution in [0, 0.1) is 0 Å². The summed E-state index contributed by atoms with van der Waals surface area (Å²) in [4.78, 5) is -1.98. The summed E-state index contributed by atoms with van der Waals surface area (Å²) >= 11 is 2.30. The monoisotopic (exact) mass is 282 g/mol. The molecular weight excluding hydrogens is 273 g/mol. The zero-order valence-electron chi connectivity index (χ0n) is 7.10. The topological polar surface area (TPSA) is 34.1 Å². The highest BCUT2D eigenvalue weighted by atomic mass is 79.9. The lowest BCUT2D eigenvalue weighted by Gasteiger charge is -2.15. The molecule has 0 rings (SSSR count). The van der Waals surface area contributed by atoms with Gasteiger partial charge in [0.15, 0.2) is 9.84 Å². The zero-order chi connectivity index (χ0) is 10.9. The average Bonchev–Trinajstić information content (AvgIpc) is 1.83. The summed E-state index contributed by atoms with van der Waals surface area (Å²) in [6, 6.07) is 0. The second kappa shape index (κ2) is 4.16. The molecule has 0 fully saturated rings. The first kappa shape index (κ1) is 13.2. The van der Waals surface area contributed by atoms with Crippen LogP contribution >= 0.6 is 15.9 Å². The Morgan fingerprint density at radius 3 is 1.92 bits per heavy atom. The molecule has 80 valence electrons. The fraction of sp³-hybridized carbons (Fsp3) is 1.00. The van der Waals surface area contributed by atoms with E-state index < -0.39 is 31.8 Å². The van der Waals surface area contributed by atoms with Crippen LogP contribution in [-0.2, 0) is 9.84 Å². The molecule has 1 atom stereocenters. The van der Waals surface area contributed by atoms with Gasteiger partial charge in [-0.2, -0.15) is 13.2 Å². The third kappa shape index (κ3) is 4.30. The minimum absolute atomic E-state index is 0.782. The van der Waals surface area contributed by atoms with Crippen LogP contribution in [0.25, 0.3) is 0 Å². The first-order valence-corrected chi connectivity index (χ1v) is 6.13. The molecule has 0 aromatic carbocycles. The van der Waals surface area contributed by atoms with Gasteiger partial charge in [-0.05, 0) is 13.8 Å². The highest BCUT2D eigenvalue weighted by Crippen LogP contribution is 2.28. The minimum Gasteiger partial charge on any atom is -0.229 e. The van der Waals surface area contributed by atoms with Crippen molar-refractivity contribution >= 4 is 25.8 Å². The van der Waals surface area contributed by atoms with E-state index in [1.165, 1.54) is 13.8 Å². The second-order valence-electron chi connectivity index (χ2n) is 2.89. The van der Waals surface area contributed by atoms with Gasteiger partial charge < -0.3 is 0 Å². The van der Waals surface area contributed by atoms with Crippen molar-refractivity contribution in [3.8, 4) is 0 Å². The Bertz CT molecular complexity index is 258. The third-order valence-corrected chi connectivity index (χ3v) is 4.96. The smallest absolute Gasteiger partial charge is 0.229 e. The van der Waals surface area contributed by atoms with E-state index >= 15 is 0 Å². The normalized spacial score (nSPS) is 16.2. The Morgan fingerprint density at radius 2 is 1.69 bits per heavy atom. The Labute approximate surface area is 83.6 Å². The molecule has 0 aromatic rings. The SMILES string of the molecule is CC(C)S(=O)(=O)CC(Br)C(F)(F)F. The van der Waals surface area contributed by atoms with E-state index in [9.17, 15) is 21.6 Å². The molecule has 0 saturated carbocycles. The first-order valence-electron chi connectivity index (χ1n) is 3.49. The van der Waals surface area contributed by atoms with Crippen LogP contribution in [0.2, 0.25) is 0 Å². The van der Waals surface area contributed by atoms with Gasteiger partial charge in [0.05, 0.1) is 11.0 Å². The van der Waals surface area contributed by atoms with E-state index in [1.54, 1.807) is 0 Å². The summed E-state index contributed by atoms with van der Waals surface area (Å²) in [6.45, 7) is 2.71. The van der Waals surface area contributed by atoms with Gasteiger partial charge in [0, 0.05) is 0 Å². The minimum atomic E-state index is -4.51. The molecule has 0 heterocycles. The Morgan fingerprint density at radius 1 is 1.31 bits per heavy atom. The lowest BCUT2D eigenvalue weighted by atomic mass is 10.5. The van der Waals surface area contributed by atoms with E-state index in [0.717, 1.165) is 0 Å². The lowest BCUT2D eigenvalue weighted by Crippen LogP contribution is -2.33. The molecule has 0 aliphatic carbocycles. The molecule has 0 N–H and O–H groups in total. The van der Waals surface area contributed by atoms with Crippen LogP contribution in [-0.4, -0.2) is 30.4 Å². The van der Waals surface area contributed by atoms with Gasteiger partial charge in [-0.3, -0.25) is 0 Å². The summed E-state index contributed by atoms with van der Waals surface area (Å²) in [5, 5.41) is -0.782. The Balaban J connectivity index is 4.48. The number of hydrogen-bond acceptors (Lipinski definition) is 2. The van der Waals surface area contributed by atoms with Gasteiger partial charge in [0.25, 0.3) is 0 Å². The van der Waals surface area contributed by atoms with Gasteiger partial charge in [0.1, 0.15) is 4.83 Å². The van der Waals surface area contributed by atoms with Crippen molar-refractivity contribution < 1.29 is 21.6 Å². The maximum Gasteiger partial charge on any atom is 0.402 e. The summed E-state index contributed by atoms with van der Waals surface area (Å²) in [7, 11) is -3.65. The molecule has 0 aliphatic rings. The third-order valence-electron chi connectivity index (χ3n) is 1.45. The van der Waals surface area contributed by atoms with Gasteiger partial charge >= 0.3 is 6.18 Å². The average molecular weight is 283 g/mol. The molecule has 0 aromatic heterocycles. The van der Waals surface area contributed by atoms with Crippen LogP contribution in [0.15, 0.2) is 0 Å². The molecule has 0 spiro atoms. The van der Waals surface area contributed by atoms with Crippen molar-refractivity contribution in [3.63, 3.8) is 0 Å². The fourth-order valence-corrected chi connectivity index (χ4v) is 2.58. The van der Waals surface area contributed by atoms with Gasteiger partial charge in [-0.25, -0.2) is 8.42 Å². The highest BCUT2D eigenvalue weighted by molar-refractivity contribution is 9.09. The van der Waals surface area contributed by atoms with Crippen molar-refractivity contribution in [1.82, 2.24) is 0 Å². The number of alkyl halides is 4. The van der Waals surface area contributed by atoms with Gasteiger partial charge in [-0.15, -0.1) is 0 Å². The van der Waals surface area contributed by atoms with Crippen molar-refractivity contribution in [1.29, 1.82) is 0 Å². The molecule has 2 nitrogen and oxygen atoms in total. The number of halogens is 4. The quantitative estimate of drug-likeness (QED) is 0.744. The summed E-state index contributed by atoms with van der Waals surface area (Å²) < 4.78 is 57.9. The van der Waals surface area contributed by atoms with Crippen LogP contribution in [0.4, 0.5) is 13.2 Å². The molecule has 0 aliphatic heterocycles. The predicted octanol–water partition coefficient (Wildman–Crippen LogP) is 2.14. The first-order chi connectivity index (χ1) is 5.57. The highest BCUT2D eigenvalue weighted by Gasteiger charge is 2.40. The lowest BCUT2D eigenvalue weighted by molar-refractivity contribution is -0.123. The Hall–Kier alpha value is 0.220. The van der Waals surface area contributed by atoms with Crippen LogP contribution in [0.3, 0.4) is 0 Å². The van der Waals surface area contributed by atoms with Crippen molar-refractivity contribution in [3.05, 3.63) is 0 Å². The maximum absolute atomic E-state index is 11.9. The van der Waals surface area contributed by atoms with E-state index in [1.807, 2.05) is 0 Å². The predicted molar refractivity (Wildman–Crippen MR) is 47.7 cm³/mol. The van der Waals surface area contributed by atoms with E-state index in [-0.39, 0.29) is 0 Å². The van der Waals surface area contributed by atoms with Crippen molar-refractivity contribution in [2.45, 2.75) is 30.1 Å². The fourth-order valence-electron chi connectivity index (χ4n) is 0.491. The van der Waals surface area contributed by atoms with Crippen molar-refractivity contribution in [2.75, 3.05) is 5.75 Å². The van der Waals surface area contributed by atoms with Crippen molar-refractivity contribution in [2.24, 2.45) is 0 Å². The molecule has 7 heteroatoms. The van der Waals surface area contributed by atoms with E-state index in [2.05, 4.69) is 15.9 Å². The summed E-state index contributed by atoms with van der Waals surface area (Å²) in [6.07, 6.45) is -4.51. The van der Waals surface area contributed by atoms with Crippen LogP contribution < -0.4 is 0 Å². The molecule has 1 unspecified atom stereocenters. The molecular formula is C6H10BrF3O2S. The number of sulfone groups is 1. The van der Waals surface area contributed by atoms with Gasteiger partial charge in [-0.1, -0.05) is 15.9 Å². The zero-order valence-corrected chi connectivity index (χ0v) is 9.50. The molecule has 0 radical (unpaired) electrons. The molecule has 0 amide bonds. The molecule has 0 bridgehead atoms. The second-order valence-corrected chi connectivity index (χ2v) is 6.59. The summed E-state index contributed by atoms with van der Waals surface area (Å²) in [5.41, 5.74) is 0. The van der Waals surface area contributed by atoms with Crippen LogP contribution in [0.1, 0.15) is 13.8 Å². The number of hydrogen-bond donors (Lipinski definition) is 0. The van der Waals surface area contributed by atoms with E-state index in [4.69, 9.17) is 0 Å². The largest absolute Gasteiger partial charge is 0.402 e. The maximum atomic E-state index is 11.9.